The highest BCUT2D eigenvalue weighted by Gasteiger charge is 2.52. The van der Waals surface area contributed by atoms with Crippen LogP contribution in [-0.4, -0.2) is 0 Å². The van der Waals surface area contributed by atoms with E-state index in [1.807, 2.05) is 0 Å². The van der Waals surface area contributed by atoms with Crippen LogP contribution in [0.15, 0.2) is 261 Å². The lowest BCUT2D eigenvalue weighted by molar-refractivity contribution is 0.794. The molecule has 324 valence electrons. The van der Waals surface area contributed by atoms with Crippen molar-refractivity contribution in [2.45, 2.75) is 5.41 Å². The van der Waals surface area contributed by atoms with E-state index in [4.69, 9.17) is 0 Å². The van der Waals surface area contributed by atoms with E-state index in [0.717, 1.165) is 22.6 Å². The molecule has 1 nitrogen and oxygen atoms in total. The molecule has 0 aromatic heterocycles. The largest absolute Gasteiger partial charge is 0.309 e. The fourth-order valence-corrected chi connectivity index (χ4v) is 12.8. The molecule has 0 fully saturated rings. The summed E-state index contributed by atoms with van der Waals surface area (Å²) in [4.78, 5) is 2.59. The molecule has 2 aliphatic carbocycles. The highest BCUT2D eigenvalue weighted by molar-refractivity contribution is 6.26. The summed E-state index contributed by atoms with van der Waals surface area (Å²) in [6.07, 6.45) is 0. The molecule has 2 aliphatic rings. The second kappa shape index (κ2) is 15.0. The Bertz CT molecular complexity index is 4230. The molecule has 0 N–H and O–H groups in total. The van der Waals surface area contributed by atoms with E-state index in [2.05, 4.69) is 266 Å². The van der Waals surface area contributed by atoms with Gasteiger partial charge in [0.2, 0.25) is 0 Å². The van der Waals surface area contributed by atoms with Gasteiger partial charge in [-0.2, -0.15) is 0 Å². The highest BCUT2D eigenvalue weighted by Crippen LogP contribution is 2.64. The molecule has 0 radical (unpaired) electrons. The maximum Gasteiger partial charge on any atom is 0.0726 e. The second-order valence-electron chi connectivity index (χ2n) is 19.0. The monoisotopic (exact) mass is 885 g/mol. The fourth-order valence-electron chi connectivity index (χ4n) is 12.8. The van der Waals surface area contributed by atoms with Crippen molar-refractivity contribution in [1.29, 1.82) is 0 Å². The van der Waals surface area contributed by atoms with Crippen LogP contribution >= 0.6 is 0 Å². The molecule has 70 heavy (non-hydrogen) atoms. The standard InChI is InChI=1S/C69H43N/c1-2-20-44(21-3-1)48-24-15-19-37-67(48)70(46-38-39-55-52-28-8-7-26-50(52)51-27-9-11-30-54(51)60(55)41-46)68-43-66-61(42-62(68)59-40-45-22-4-5-23-47(45)49-25-6-10-29-53(49)59)58-33-14-18-36-65(58)69(66)63-34-16-12-31-56(63)57-32-13-17-35-64(57)69/h1-43H. The Hall–Kier alpha value is -9.04. The molecule has 1 heteroatoms. The van der Waals surface area contributed by atoms with Gasteiger partial charge in [-0.05, 0) is 146 Å². The minimum Gasteiger partial charge on any atom is -0.309 e. The Morgan fingerprint density at radius 2 is 0.686 bits per heavy atom. The normalized spacial score (nSPS) is 13.0. The molecular weight excluding hydrogens is 843 g/mol. The SMILES string of the molecule is c1ccc(-c2ccccc2N(c2ccc3c4ccccc4c4ccccc4c3c2)c2cc3c(cc2-c2cc4ccccc4c4ccccc24)-c2ccccc2C32c3ccccc3-c3ccccc32)cc1. The van der Waals surface area contributed by atoms with Crippen LogP contribution in [0.4, 0.5) is 17.1 Å². The van der Waals surface area contributed by atoms with Crippen LogP contribution in [0.25, 0.3) is 98.4 Å². The summed E-state index contributed by atoms with van der Waals surface area (Å²) in [5.74, 6) is 0. The molecule has 0 saturated carbocycles. The van der Waals surface area contributed by atoms with E-state index >= 15 is 0 Å². The van der Waals surface area contributed by atoms with Crippen LogP contribution in [0, 0.1) is 0 Å². The van der Waals surface area contributed by atoms with Gasteiger partial charge in [-0.25, -0.2) is 0 Å². The van der Waals surface area contributed by atoms with Crippen LogP contribution in [0.2, 0.25) is 0 Å². The molecule has 1 spiro atoms. The number of rotatable bonds is 5. The highest BCUT2D eigenvalue weighted by atomic mass is 15.1. The smallest absolute Gasteiger partial charge is 0.0726 e. The van der Waals surface area contributed by atoms with Crippen LogP contribution in [0.5, 0.6) is 0 Å². The zero-order valence-corrected chi connectivity index (χ0v) is 38.3. The fraction of sp³-hybridized carbons (Fsp3) is 0.0145. The lowest BCUT2D eigenvalue weighted by Crippen LogP contribution is -2.26. The Labute approximate surface area is 406 Å². The molecule has 13 aromatic carbocycles. The Balaban J connectivity index is 1.13. The average Bonchev–Trinajstić information content (AvgIpc) is 3.90. The topological polar surface area (TPSA) is 3.24 Å². The molecule has 0 unspecified atom stereocenters. The van der Waals surface area contributed by atoms with Gasteiger partial charge < -0.3 is 4.90 Å². The maximum atomic E-state index is 2.60. The van der Waals surface area contributed by atoms with Crippen molar-refractivity contribution in [3.05, 3.63) is 283 Å². The maximum absolute atomic E-state index is 2.60. The van der Waals surface area contributed by atoms with Gasteiger partial charge in [0, 0.05) is 16.8 Å². The molecule has 15 rings (SSSR count). The lowest BCUT2D eigenvalue weighted by atomic mass is 9.70. The van der Waals surface area contributed by atoms with Crippen molar-refractivity contribution < 1.29 is 0 Å². The van der Waals surface area contributed by atoms with Gasteiger partial charge in [0.15, 0.2) is 0 Å². The predicted molar refractivity (Wildman–Crippen MR) is 296 cm³/mol. The molecule has 0 heterocycles. The minimum absolute atomic E-state index is 0.541. The number of nitrogens with zero attached hydrogens (tertiary/aromatic N) is 1. The predicted octanol–water partition coefficient (Wildman–Crippen LogP) is 18.6. The number of hydrogen-bond acceptors (Lipinski definition) is 1. The third-order valence-electron chi connectivity index (χ3n) is 15.6. The first-order valence-corrected chi connectivity index (χ1v) is 24.4. The van der Waals surface area contributed by atoms with Crippen LogP contribution in [0.1, 0.15) is 22.3 Å². The molecule has 0 bridgehead atoms. The van der Waals surface area contributed by atoms with E-state index in [1.54, 1.807) is 0 Å². The first-order valence-electron chi connectivity index (χ1n) is 24.4. The Morgan fingerprint density at radius 1 is 0.229 bits per heavy atom. The summed E-state index contributed by atoms with van der Waals surface area (Å²) < 4.78 is 0. The first kappa shape index (κ1) is 39.0. The Kier molecular flexibility index (Phi) is 8.35. The van der Waals surface area contributed by atoms with Gasteiger partial charge in [0.1, 0.15) is 0 Å². The molecule has 0 amide bonds. The van der Waals surface area contributed by atoms with Gasteiger partial charge in [0.25, 0.3) is 0 Å². The second-order valence-corrected chi connectivity index (χ2v) is 19.0. The minimum atomic E-state index is -0.541. The summed E-state index contributed by atoms with van der Waals surface area (Å²) >= 11 is 0. The van der Waals surface area contributed by atoms with E-state index < -0.39 is 5.41 Å². The van der Waals surface area contributed by atoms with Crippen LogP contribution in [0.3, 0.4) is 0 Å². The van der Waals surface area contributed by atoms with Crippen LogP contribution in [-0.2, 0) is 5.41 Å². The number of hydrogen-bond donors (Lipinski definition) is 0. The summed E-state index contributed by atoms with van der Waals surface area (Å²) in [5.41, 5.74) is 17.9. The molecule has 13 aromatic rings. The number of fused-ring (bicyclic) bond motifs is 19. The Morgan fingerprint density at radius 3 is 1.31 bits per heavy atom. The number of benzene rings is 13. The number of anilines is 3. The molecular formula is C69H43N. The first-order chi connectivity index (χ1) is 34.8. The van der Waals surface area contributed by atoms with Gasteiger partial charge in [-0.1, -0.05) is 224 Å². The van der Waals surface area contributed by atoms with E-state index in [9.17, 15) is 0 Å². The average molecular weight is 886 g/mol. The lowest BCUT2D eigenvalue weighted by Gasteiger charge is -2.34. The third kappa shape index (κ3) is 5.38. The van der Waals surface area contributed by atoms with Gasteiger partial charge in [-0.15, -0.1) is 0 Å². The van der Waals surface area contributed by atoms with Crippen LogP contribution < -0.4 is 4.90 Å². The van der Waals surface area contributed by atoms with Gasteiger partial charge in [-0.3, -0.25) is 0 Å². The summed E-state index contributed by atoms with van der Waals surface area (Å²) in [7, 11) is 0. The van der Waals surface area contributed by atoms with Gasteiger partial charge >= 0.3 is 0 Å². The summed E-state index contributed by atoms with van der Waals surface area (Å²) in [5, 5.41) is 12.5. The quantitative estimate of drug-likeness (QED) is 0.156. The zero-order chi connectivity index (χ0) is 45.9. The third-order valence-corrected chi connectivity index (χ3v) is 15.6. The summed E-state index contributed by atoms with van der Waals surface area (Å²) in [6, 6.07) is 97.9. The molecule has 0 saturated heterocycles. The van der Waals surface area contributed by atoms with Crippen molar-refractivity contribution >= 4 is 70.9 Å². The molecule has 0 aliphatic heterocycles. The van der Waals surface area contributed by atoms with E-state index in [1.165, 1.54) is 115 Å². The van der Waals surface area contributed by atoms with Crippen molar-refractivity contribution in [1.82, 2.24) is 0 Å². The van der Waals surface area contributed by atoms with Crippen molar-refractivity contribution in [3.63, 3.8) is 0 Å². The molecule has 0 atom stereocenters. The summed E-state index contributed by atoms with van der Waals surface area (Å²) in [6.45, 7) is 0. The number of para-hydroxylation sites is 1. The van der Waals surface area contributed by atoms with Gasteiger partial charge in [0.05, 0.1) is 16.8 Å². The van der Waals surface area contributed by atoms with Crippen molar-refractivity contribution in [3.8, 4) is 44.5 Å². The van der Waals surface area contributed by atoms with E-state index in [-0.39, 0.29) is 0 Å². The van der Waals surface area contributed by atoms with Crippen molar-refractivity contribution in [2.24, 2.45) is 0 Å². The zero-order valence-electron chi connectivity index (χ0n) is 38.3. The van der Waals surface area contributed by atoms with Crippen molar-refractivity contribution in [2.75, 3.05) is 4.90 Å². The van der Waals surface area contributed by atoms with E-state index in [0.29, 0.717) is 0 Å².